The van der Waals surface area contributed by atoms with E-state index < -0.39 is 0 Å². The van der Waals surface area contributed by atoms with Gasteiger partial charge in [0.1, 0.15) is 5.78 Å². The van der Waals surface area contributed by atoms with Crippen LogP contribution in [0.25, 0.3) is 0 Å². The molecule has 0 aromatic carbocycles. The highest BCUT2D eigenvalue weighted by molar-refractivity contribution is 5.85. The average molecular weight is 330 g/mol. The molecule has 3 unspecified atom stereocenters. The molecular formula is C19H36ClNO. The minimum absolute atomic E-state index is 0. The lowest BCUT2D eigenvalue weighted by molar-refractivity contribution is -0.120. The SMILES string of the molecule is CC1CCN(C)C(C)C1(C)CCC(=O)CCC1CCCC1.Cl. The molecule has 0 aromatic heterocycles. The highest BCUT2D eigenvalue weighted by atomic mass is 35.5. The highest BCUT2D eigenvalue weighted by Gasteiger charge is 2.41. The Morgan fingerprint density at radius 3 is 2.41 bits per heavy atom. The Labute approximate surface area is 143 Å². The highest BCUT2D eigenvalue weighted by Crippen LogP contribution is 2.43. The molecule has 0 spiro atoms. The van der Waals surface area contributed by atoms with Crippen LogP contribution in [0.2, 0.25) is 0 Å². The Bertz CT molecular complexity index is 353. The first-order valence-corrected chi connectivity index (χ1v) is 9.15. The maximum absolute atomic E-state index is 12.3. The lowest BCUT2D eigenvalue weighted by Crippen LogP contribution is -2.51. The fourth-order valence-corrected chi connectivity index (χ4v) is 4.49. The standard InChI is InChI=1S/C19H35NO.ClH/c1-15-12-14-20(4)16(2)19(15,3)13-11-18(21)10-9-17-7-5-6-8-17;/h15-17H,5-14H2,1-4H3;1H. The molecule has 0 amide bonds. The van der Waals surface area contributed by atoms with Crippen LogP contribution in [-0.2, 0) is 4.79 Å². The summed E-state index contributed by atoms with van der Waals surface area (Å²) >= 11 is 0. The van der Waals surface area contributed by atoms with Crippen molar-refractivity contribution in [1.29, 1.82) is 0 Å². The number of carbonyl (C=O) groups is 1. The van der Waals surface area contributed by atoms with E-state index in [0.717, 1.165) is 37.5 Å². The normalized spacial score (nSPS) is 33.6. The van der Waals surface area contributed by atoms with E-state index in [-0.39, 0.29) is 12.4 Å². The summed E-state index contributed by atoms with van der Waals surface area (Å²) in [5.74, 6) is 2.09. The summed E-state index contributed by atoms with van der Waals surface area (Å²) in [5.41, 5.74) is 0.302. The summed E-state index contributed by atoms with van der Waals surface area (Å²) in [6, 6.07) is 0.587. The van der Waals surface area contributed by atoms with Gasteiger partial charge >= 0.3 is 0 Å². The van der Waals surface area contributed by atoms with Crippen LogP contribution in [0.15, 0.2) is 0 Å². The largest absolute Gasteiger partial charge is 0.303 e. The van der Waals surface area contributed by atoms with Gasteiger partial charge in [-0.2, -0.15) is 0 Å². The van der Waals surface area contributed by atoms with Gasteiger partial charge in [0.15, 0.2) is 0 Å². The molecule has 2 fully saturated rings. The third kappa shape index (κ3) is 4.71. The monoisotopic (exact) mass is 329 g/mol. The molecule has 3 atom stereocenters. The number of likely N-dealkylation sites (tertiary alicyclic amines) is 1. The van der Waals surface area contributed by atoms with E-state index in [4.69, 9.17) is 0 Å². The number of piperidine rings is 1. The van der Waals surface area contributed by atoms with Crippen LogP contribution in [0.1, 0.15) is 78.6 Å². The van der Waals surface area contributed by atoms with Gasteiger partial charge in [-0.25, -0.2) is 0 Å². The Morgan fingerprint density at radius 1 is 1.14 bits per heavy atom. The summed E-state index contributed by atoms with van der Waals surface area (Å²) in [7, 11) is 2.23. The zero-order chi connectivity index (χ0) is 15.5. The number of nitrogens with zero attached hydrogens (tertiary/aromatic N) is 1. The van der Waals surface area contributed by atoms with Gasteiger partial charge in [0.25, 0.3) is 0 Å². The molecule has 1 aliphatic heterocycles. The van der Waals surface area contributed by atoms with Crippen LogP contribution in [-0.4, -0.2) is 30.3 Å². The van der Waals surface area contributed by atoms with Gasteiger partial charge in [-0.05, 0) is 57.0 Å². The van der Waals surface area contributed by atoms with E-state index in [1.54, 1.807) is 0 Å². The van der Waals surface area contributed by atoms with Crippen molar-refractivity contribution in [2.75, 3.05) is 13.6 Å². The van der Waals surface area contributed by atoms with Crippen LogP contribution >= 0.6 is 12.4 Å². The summed E-state index contributed by atoms with van der Waals surface area (Å²) in [6.45, 7) is 8.33. The third-order valence-corrected chi connectivity index (χ3v) is 6.90. The van der Waals surface area contributed by atoms with Gasteiger partial charge in [0.05, 0.1) is 0 Å². The first-order valence-electron chi connectivity index (χ1n) is 9.15. The van der Waals surface area contributed by atoms with Gasteiger partial charge in [-0.1, -0.05) is 39.5 Å². The van der Waals surface area contributed by atoms with Crippen molar-refractivity contribution < 1.29 is 4.79 Å². The van der Waals surface area contributed by atoms with Crippen molar-refractivity contribution in [2.45, 2.75) is 84.6 Å². The van der Waals surface area contributed by atoms with Crippen molar-refractivity contribution in [3.63, 3.8) is 0 Å². The number of hydrogen-bond donors (Lipinski definition) is 0. The van der Waals surface area contributed by atoms with Gasteiger partial charge < -0.3 is 4.90 Å². The molecule has 3 heteroatoms. The molecule has 1 aliphatic carbocycles. The lowest BCUT2D eigenvalue weighted by Gasteiger charge is -2.50. The molecular weight excluding hydrogens is 294 g/mol. The van der Waals surface area contributed by atoms with Crippen molar-refractivity contribution in [3.8, 4) is 0 Å². The molecule has 1 heterocycles. The minimum Gasteiger partial charge on any atom is -0.303 e. The summed E-state index contributed by atoms with van der Waals surface area (Å²) in [5, 5.41) is 0. The molecule has 2 rings (SSSR count). The zero-order valence-corrected chi connectivity index (χ0v) is 15.9. The van der Waals surface area contributed by atoms with E-state index in [0.29, 0.717) is 17.2 Å². The van der Waals surface area contributed by atoms with Crippen LogP contribution < -0.4 is 0 Å². The molecule has 22 heavy (non-hydrogen) atoms. The molecule has 130 valence electrons. The van der Waals surface area contributed by atoms with Crippen molar-refractivity contribution in [1.82, 2.24) is 4.90 Å². The molecule has 0 aromatic rings. The Hall–Kier alpha value is -0.0800. The van der Waals surface area contributed by atoms with E-state index in [2.05, 4.69) is 32.7 Å². The first-order chi connectivity index (χ1) is 9.93. The third-order valence-electron chi connectivity index (χ3n) is 6.90. The van der Waals surface area contributed by atoms with Gasteiger partial charge in [0.2, 0.25) is 0 Å². The maximum Gasteiger partial charge on any atom is 0.132 e. The van der Waals surface area contributed by atoms with E-state index in [9.17, 15) is 4.79 Å². The number of ketones is 1. The predicted octanol–water partition coefficient (Wildman–Crippen LogP) is 5.09. The van der Waals surface area contributed by atoms with Crippen LogP contribution in [0, 0.1) is 17.3 Å². The molecule has 2 nitrogen and oxygen atoms in total. The summed E-state index contributed by atoms with van der Waals surface area (Å²) < 4.78 is 0. The molecule has 1 saturated carbocycles. The first kappa shape index (κ1) is 20.0. The smallest absolute Gasteiger partial charge is 0.132 e. The van der Waals surface area contributed by atoms with Gasteiger partial charge in [-0.3, -0.25) is 4.79 Å². The van der Waals surface area contributed by atoms with Gasteiger partial charge in [-0.15, -0.1) is 12.4 Å². The summed E-state index contributed by atoms with van der Waals surface area (Å²) in [4.78, 5) is 14.7. The lowest BCUT2D eigenvalue weighted by atomic mass is 9.65. The predicted molar refractivity (Wildman–Crippen MR) is 96.7 cm³/mol. The second-order valence-corrected chi connectivity index (χ2v) is 8.08. The molecule has 0 N–H and O–H groups in total. The number of Topliss-reactive ketones (excluding diaryl/α,β-unsaturated/α-hetero) is 1. The second kappa shape index (κ2) is 8.68. The number of hydrogen-bond acceptors (Lipinski definition) is 2. The zero-order valence-electron chi connectivity index (χ0n) is 15.1. The average Bonchev–Trinajstić information content (AvgIpc) is 2.98. The number of halogens is 1. The Morgan fingerprint density at radius 2 is 1.77 bits per heavy atom. The van der Waals surface area contributed by atoms with Gasteiger partial charge in [0, 0.05) is 18.9 Å². The second-order valence-electron chi connectivity index (χ2n) is 8.08. The fourth-order valence-electron chi connectivity index (χ4n) is 4.49. The molecule has 1 saturated heterocycles. The van der Waals surface area contributed by atoms with Crippen molar-refractivity contribution in [3.05, 3.63) is 0 Å². The minimum atomic E-state index is 0. The number of rotatable bonds is 6. The van der Waals surface area contributed by atoms with Crippen LogP contribution in [0.4, 0.5) is 0 Å². The van der Waals surface area contributed by atoms with Crippen LogP contribution in [0.3, 0.4) is 0 Å². The Kier molecular flexibility index (Phi) is 7.88. The Balaban J connectivity index is 0.00000242. The maximum atomic E-state index is 12.3. The number of carbonyl (C=O) groups excluding carboxylic acids is 1. The van der Waals surface area contributed by atoms with Crippen molar-refractivity contribution in [2.24, 2.45) is 17.3 Å². The fraction of sp³-hybridized carbons (Fsp3) is 0.947. The van der Waals surface area contributed by atoms with Crippen LogP contribution in [0.5, 0.6) is 0 Å². The van der Waals surface area contributed by atoms with E-state index in [1.165, 1.54) is 38.6 Å². The molecule has 2 aliphatic rings. The summed E-state index contributed by atoms with van der Waals surface area (Å²) in [6.07, 6.45) is 10.6. The van der Waals surface area contributed by atoms with E-state index >= 15 is 0 Å². The quantitative estimate of drug-likeness (QED) is 0.676. The van der Waals surface area contributed by atoms with E-state index in [1.807, 2.05) is 0 Å². The topological polar surface area (TPSA) is 20.3 Å². The molecule has 0 bridgehead atoms. The molecule has 0 radical (unpaired) electrons. The van der Waals surface area contributed by atoms with Crippen molar-refractivity contribution >= 4 is 18.2 Å².